The van der Waals surface area contributed by atoms with Crippen LogP contribution in [-0.2, 0) is 14.1 Å². The Morgan fingerprint density at radius 3 is 2.30 bits per heavy atom. The lowest BCUT2D eigenvalue weighted by Crippen LogP contribution is -2.48. The molecule has 1 aliphatic rings. The molecule has 1 aliphatic heterocycles. The molecule has 0 radical (unpaired) electrons. The van der Waals surface area contributed by atoms with E-state index in [1.165, 1.54) is 17.8 Å². The van der Waals surface area contributed by atoms with Crippen molar-refractivity contribution in [2.45, 2.75) is 6.17 Å². The molecule has 136 valence electrons. The Hall–Kier alpha value is -3.61. The molecule has 0 bridgehead atoms. The molecule has 1 N–H and O–H groups in total. The monoisotopic (exact) mass is 362 g/mol. The van der Waals surface area contributed by atoms with E-state index in [-0.39, 0.29) is 5.91 Å². The van der Waals surface area contributed by atoms with Crippen LogP contribution in [0.1, 0.15) is 22.1 Å². The molecule has 7 nitrogen and oxygen atoms in total. The van der Waals surface area contributed by atoms with Gasteiger partial charge in [-0.05, 0) is 24.3 Å². The predicted molar refractivity (Wildman–Crippen MR) is 103 cm³/mol. The van der Waals surface area contributed by atoms with Crippen LogP contribution in [0.3, 0.4) is 0 Å². The summed E-state index contributed by atoms with van der Waals surface area (Å²) in [5.41, 5.74) is 1.29. The molecule has 0 saturated heterocycles. The molecule has 1 amide bonds. The third-order valence-electron chi connectivity index (χ3n) is 4.73. The summed E-state index contributed by atoms with van der Waals surface area (Å²) < 4.78 is 2.39. The van der Waals surface area contributed by atoms with Crippen LogP contribution in [0.5, 0.6) is 0 Å². The minimum atomic E-state index is -0.736. The molecule has 0 spiro atoms. The van der Waals surface area contributed by atoms with Gasteiger partial charge in [0.1, 0.15) is 6.17 Å². The van der Waals surface area contributed by atoms with E-state index in [0.29, 0.717) is 22.5 Å². The Morgan fingerprint density at radius 2 is 1.56 bits per heavy atom. The minimum Gasteiger partial charge on any atom is -0.360 e. The van der Waals surface area contributed by atoms with Gasteiger partial charge in [0, 0.05) is 31.7 Å². The van der Waals surface area contributed by atoms with Crippen LogP contribution in [0.2, 0.25) is 0 Å². The fourth-order valence-electron chi connectivity index (χ4n) is 3.35. The van der Waals surface area contributed by atoms with Gasteiger partial charge >= 0.3 is 5.69 Å². The second kappa shape index (κ2) is 6.28. The van der Waals surface area contributed by atoms with Gasteiger partial charge in [0.05, 0.1) is 11.1 Å². The number of aromatic nitrogens is 2. The van der Waals surface area contributed by atoms with Gasteiger partial charge in [-0.1, -0.05) is 30.3 Å². The van der Waals surface area contributed by atoms with E-state index in [1.54, 1.807) is 30.1 Å². The van der Waals surface area contributed by atoms with Gasteiger partial charge in [0.2, 0.25) is 0 Å². The number of hydrogen-bond donors (Lipinski definition) is 1. The molecule has 1 aromatic heterocycles. The smallest absolute Gasteiger partial charge is 0.330 e. The maximum absolute atomic E-state index is 13.3. The third kappa shape index (κ3) is 2.64. The highest BCUT2D eigenvalue weighted by atomic mass is 16.2. The number of rotatable bonds is 2. The molecule has 2 heterocycles. The lowest BCUT2D eigenvalue weighted by molar-refractivity contribution is 0.0974. The summed E-state index contributed by atoms with van der Waals surface area (Å²) in [5.74, 6) is -0.212. The Morgan fingerprint density at radius 1 is 0.889 bits per heavy atom. The quantitative estimate of drug-likeness (QED) is 0.755. The third-order valence-corrected chi connectivity index (χ3v) is 4.73. The predicted octanol–water partition coefficient (Wildman–Crippen LogP) is 1.86. The second-order valence-corrected chi connectivity index (χ2v) is 6.45. The van der Waals surface area contributed by atoms with Crippen LogP contribution < -0.4 is 21.5 Å². The summed E-state index contributed by atoms with van der Waals surface area (Å²) in [6, 6.07) is 16.3. The number of benzene rings is 2. The van der Waals surface area contributed by atoms with Crippen LogP contribution >= 0.6 is 0 Å². The van der Waals surface area contributed by atoms with Gasteiger partial charge in [-0.3, -0.25) is 19.1 Å². The molecule has 7 heteroatoms. The molecule has 4 rings (SSSR count). The van der Waals surface area contributed by atoms with Crippen LogP contribution in [0.25, 0.3) is 0 Å². The second-order valence-electron chi connectivity index (χ2n) is 6.45. The maximum atomic E-state index is 13.3. The van der Waals surface area contributed by atoms with Gasteiger partial charge in [0.15, 0.2) is 0 Å². The van der Waals surface area contributed by atoms with E-state index in [0.717, 1.165) is 4.57 Å². The fourth-order valence-corrected chi connectivity index (χ4v) is 3.35. The zero-order valence-electron chi connectivity index (χ0n) is 14.9. The Kier molecular flexibility index (Phi) is 3.92. The zero-order valence-corrected chi connectivity index (χ0v) is 14.9. The van der Waals surface area contributed by atoms with E-state index < -0.39 is 17.4 Å². The largest absolute Gasteiger partial charge is 0.360 e. The number of fused-ring (bicyclic) bond motifs is 1. The van der Waals surface area contributed by atoms with E-state index in [2.05, 4.69) is 5.32 Å². The molecule has 2 aromatic carbocycles. The zero-order chi connectivity index (χ0) is 19.1. The summed E-state index contributed by atoms with van der Waals surface area (Å²) in [6.45, 7) is 0. The Balaban J connectivity index is 1.96. The van der Waals surface area contributed by atoms with Gasteiger partial charge in [0.25, 0.3) is 11.5 Å². The Labute approximate surface area is 155 Å². The maximum Gasteiger partial charge on any atom is 0.330 e. The molecule has 0 aliphatic carbocycles. The first-order valence-corrected chi connectivity index (χ1v) is 8.50. The van der Waals surface area contributed by atoms with Crippen molar-refractivity contribution in [3.63, 3.8) is 0 Å². The van der Waals surface area contributed by atoms with Crippen LogP contribution in [0.15, 0.2) is 70.4 Å². The standard InChI is InChI=1S/C20H18N4O3/c1-22-12-15(18(25)23(2)20(22)27)17-21-16-11-7-6-10-14(16)19(26)24(17)13-8-4-3-5-9-13/h3-12,17,21H,1-2H3/t17-/m1/s1. The van der Waals surface area contributed by atoms with Gasteiger partial charge in [-0.15, -0.1) is 0 Å². The van der Waals surface area contributed by atoms with Crippen molar-refractivity contribution in [1.29, 1.82) is 0 Å². The van der Waals surface area contributed by atoms with E-state index in [4.69, 9.17) is 0 Å². The minimum absolute atomic E-state index is 0.212. The number of aryl methyl sites for hydroxylation is 1. The number of hydrogen-bond acceptors (Lipinski definition) is 4. The molecule has 27 heavy (non-hydrogen) atoms. The normalized spacial score (nSPS) is 16.0. The number of amides is 1. The van der Waals surface area contributed by atoms with Gasteiger partial charge in [-0.2, -0.15) is 0 Å². The fraction of sp³-hybridized carbons (Fsp3) is 0.150. The highest BCUT2D eigenvalue weighted by Gasteiger charge is 2.35. The molecule has 0 unspecified atom stereocenters. The summed E-state index contributed by atoms with van der Waals surface area (Å²) in [6.07, 6.45) is 0.750. The number of para-hydroxylation sites is 2. The average Bonchev–Trinajstić information content (AvgIpc) is 2.70. The van der Waals surface area contributed by atoms with E-state index >= 15 is 0 Å². The van der Waals surface area contributed by atoms with Crippen molar-refractivity contribution in [1.82, 2.24) is 9.13 Å². The molecule has 0 saturated carbocycles. The molecule has 3 aromatic rings. The highest BCUT2D eigenvalue weighted by Crippen LogP contribution is 2.35. The number of nitrogens with one attached hydrogen (secondary N) is 1. The summed E-state index contributed by atoms with van der Waals surface area (Å²) in [7, 11) is 3.01. The van der Waals surface area contributed by atoms with Crippen molar-refractivity contribution in [3.05, 3.63) is 92.8 Å². The first kappa shape index (κ1) is 16.8. The molecule has 0 fully saturated rings. The lowest BCUT2D eigenvalue weighted by atomic mass is 10.0. The number of carbonyl (C=O) groups excluding carboxylic acids is 1. The van der Waals surface area contributed by atoms with Crippen molar-refractivity contribution < 1.29 is 4.79 Å². The van der Waals surface area contributed by atoms with Crippen molar-refractivity contribution in [2.75, 3.05) is 10.2 Å². The lowest BCUT2D eigenvalue weighted by Gasteiger charge is -2.37. The summed E-state index contributed by atoms with van der Waals surface area (Å²) in [5, 5.41) is 3.28. The average molecular weight is 362 g/mol. The highest BCUT2D eigenvalue weighted by molar-refractivity contribution is 6.12. The number of anilines is 2. The molecular formula is C20H18N4O3. The van der Waals surface area contributed by atoms with E-state index in [1.807, 2.05) is 36.4 Å². The topological polar surface area (TPSA) is 76.3 Å². The van der Waals surface area contributed by atoms with Crippen molar-refractivity contribution >= 4 is 17.3 Å². The first-order chi connectivity index (χ1) is 13.0. The summed E-state index contributed by atoms with van der Waals surface area (Å²) >= 11 is 0. The first-order valence-electron chi connectivity index (χ1n) is 8.50. The van der Waals surface area contributed by atoms with Crippen LogP contribution in [0.4, 0.5) is 11.4 Å². The SMILES string of the molecule is Cn1cc([C@@H]2Nc3ccccc3C(=O)N2c2ccccc2)c(=O)n(C)c1=O. The molecule has 1 atom stereocenters. The van der Waals surface area contributed by atoms with Gasteiger partial charge in [-0.25, -0.2) is 4.79 Å². The van der Waals surface area contributed by atoms with Crippen LogP contribution in [0, 0.1) is 0 Å². The summed E-state index contributed by atoms with van der Waals surface area (Å²) in [4.78, 5) is 39.7. The van der Waals surface area contributed by atoms with E-state index in [9.17, 15) is 14.4 Å². The number of nitrogens with zero attached hydrogens (tertiary/aromatic N) is 3. The Bertz CT molecular complexity index is 1150. The van der Waals surface area contributed by atoms with Crippen molar-refractivity contribution in [2.24, 2.45) is 14.1 Å². The van der Waals surface area contributed by atoms with Crippen LogP contribution in [-0.4, -0.2) is 15.0 Å². The molecular weight excluding hydrogens is 344 g/mol. The van der Waals surface area contributed by atoms with Gasteiger partial charge < -0.3 is 9.88 Å². The number of carbonyl (C=O) groups is 1. The van der Waals surface area contributed by atoms with Crippen molar-refractivity contribution in [3.8, 4) is 0 Å².